The maximum atomic E-state index is 12.0. The number of ether oxygens (including phenoxy) is 4. The lowest BCUT2D eigenvalue weighted by Crippen LogP contribution is -2.44. The van der Waals surface area contributed by atoms with E-state index in [1.54, 1.807) is 7.11 Å². The Morgan fingerprint density at radius 2 is 1.61 bits per heavy atom. The highest BCUT2D eigenvalue weighted by Gasteiger charge is 2.15. The van der Waals surface area contributed by atoms with Crippen molar-refractivity contribution in [1.82, 2.24) is 10.6 Å². The van der Waals surface area contributed by atoms with E-state index in [0.29, 0.717) is 51.1 Å². The van der Waals surface area contributed by atoms with Crippen LogP contribution in [0.15, 0.2) is 0 Å². The first-order valence-electron chi connectivity index (χ1n) is 9.80. The maximum absolute atomic E-state index is 12.0. The third-order valence-electron chi connectivity index (χ3n) is 3.55. The van der Waals surface area contributed by atoms with Crippen LogP contribution in [0.5, 0.6) is 0 Å². The van der Waals surface area contributed by atoms with Gasteiger partial charge in [0, 0.05) is 32.1 Å². The van der Waals surface area contributed by atoms with Crippen LogP contribution in [0.25, 0.3) is 0 Å². The van der Waals surface area contributed by atoms with Gasteiger partial charge in [0.1, 0.15) is 0 Å². The highest BCUT2D eigenvalue weighted by Crippen LogP contribution is 2.33. The van der Waals surface area contributed by atoms with E-state index in [4.69, 9.17) is 34.5 Å². The summed E-state index contributed by atoms with van der Waals surface area (Å²) >= 11 is 1.46. The molecule has 0 fully saturated rings. The molecule has 0 unspecified atom stereocenters. The van der Waals surface area contributed by atoms with E-state index < -0.39 is 13.6 Å². The molecule has 184 valence electrons. The van der Waals surface area contributed by atoms with E-state index in [-0.39, 0.29) is 37.2 Å². The number of nitrogens with two attached hydrogens (primary N) is 1. The summed E-state index contributed by atoms with van der Waals surface area (Å²) in [4.78, 5) is 40.4. The van der Waals surface area contributed by atoms with Gasteiger partial charge in [0.15, 0.2) is 0 Å². The largest absolute Gasteiger partial charge is 0.383 e. The SMILES string of the molecule is COC[C@H](CSC[C@H](N)C(=O)NCCOCCOCCOCCP(=O)(O)O)NC(C)=O. The molecule has 0 aromatic heterocycles. The van der Waals surface area contributed by atoms with Crippen LogP contribution in [0, 0.1) is 0 Å². The molecule has 0 saturated heterocycles. The molecule has 31 heavy (non-hydrogen) atoms. The third-order valence-corrected chi connectivity index (χ3v) is 5.54. The zero-order valence-electron chi connectivity index (χ0n) is 18.1. The van der Waals surface area contributed by atoms with Gasteiger partial charge in [0.25, 0.3) is 0 Å². The van der Waals surface area contributed by atoms with Crippen LogP contribution in [0.2, 0.25) is 0 Å². The van der Waals surface area contributed by atoms with Crippen LogP contribution >= 0.6 is 19.4 Å². The van der Waals surface area contributed by atoms with E-state index in [1.807, 2.05) is 0 Å². The normalized spacial score (nSPS) is 13.6. The van der Waals surface area contributed by atoms with Gasteiger partial charge in [-0.25, -0.2) is 0 Å². The Hall–Kier alpha value is -0.760. The molecular weight excluding hydrogens is 453 g/mol. The summed E-state index contributed by atoms with van der Waals surface area (Å²) in [5.41, 5.74) is 5.87. The first-order valence-corrected chi connectivity index (χ1v) is 12.8. The lowest BCUT2D eigenvalue weighted by Gasteiger charge is -2.18. The Bertz CT molecular complexity index is 539. The zero-order valence-corrected chi connectivity index (χ0v) is 19.8. The second kappa shape index (κ2) is 18.8. The molecule has 0 radical (unpaired) electrons. The summed E-state index contributed by atoms with van der Waals surface area (Å²) in [5.74, 6) is 0.590. The molecule has 0 bridgehead atoms. The van der Waals surface area contributed by atoms with Gasteiger partial charge < -0.3 is 45.1 Å². The first kappa shape index (κ1) is 30.2. The van der Waals surface area contributed by atoms with Gasteiger partial charge in [0.05, 0.1) is 64.5 Å². The van der Waals surface area contributed by atoms with Gasteiger partial charge in [-0.15, -0.1) is 0 Å². The zero-order chi connectivity index (χ0) is 23.5. The minimum absolute atomic E-state index is 0.0203. The van der Waals surface area contributed by atoms with E-state index in [9.17, 15) is 14.2 Å². The average Bonchev–Trinajstić information content (AvgIpc) is 2.67. The molecule has 0 aliphatic rings. The Labute approximate surface area is 187 Å². The van der Waals surface area contributed by atoms with Crippen molar-refractivity contribution in [2.24, 2.45) is 5.73 Å². The number of carbonyl (C=O) groups is 2. The van der Waals surface area contributed by atoms with Crippen molar-refractivity contribution in [2.45, 2.75) is 19.0 Å². The molecule has 14 heteroatoms. The minimum atomic E-state index is -4.02. The number of thioether (sulfide) groups is 1. The monoisotopic (exact) mass is 489 g/mol. The average molecular weight is 490 g/mol. The molecule has 2 amide bonds. The predicted octanol–water partition coefficient (Wildman–Crippen LogP) is -1.46. The summed E-state index contributed by atoms with van der Waals surface area (Å²) in [6.45, 7) is 3.64. The predicted molar refractivity (Wildman–Crippen MR) is 117 cm³/mol. The molecule has 0 rings (SSSR count). The van der Waals surface area contributed by atoms with Crippen molar-refractivity contribution in [3.63, 3.8) is 0 Å². The van der Waals surface area contributed by atoms with E-state index in [0.717, 1.165) is 0 Å². The highest BCUT2D eigenvalue weighted by atomic mass is 32.2. The molecule has 6 N–H and O–H groups in total. The highest BCUT2D eigenvalue weighted by molar-refractivity contribution is 7.99. The topological polar surface area (TPSA) is 179 Å². The number of amides is 2. The van der Waals surface area contributed by atoms with Crippen molar-refractivity contribution < 1.29 is 42.9 Å². The minimum Gasteiger partial charge on any atom is -0.383 e. The summed E-state index contributed by atoms with van der Waals surface area (Å²) in [6.07, 6.45) is -0.310. The van der Waals surface area contributed by atoms with E-state index >= 15 is 0 Å². The van der Waals surface area contributed by atoms with Crippen LogP contribution in [0.4, 0.5) is 0 Å². The van der Waals surface area contributed by atoms with Gasteiger partial charge in [-0.2, -0.15) is 11.8 Å². The van der Waals surface area contributed by atoms with Gasteiger partial charge in [-0.3, -0.25) is 14.2 Å². The fraction of sp³-hybridized carbons (Fsp3) is 0.882. The van der Waals surface area contributed by atoms with E-state index in [1.165, 1.54) is 18.7 Å². The van der Waals surface area contributed by atoms with Crippen LogP contribution in [0.1, 0.15) is 6.92 Å². The molecule has 0 aliphatic carbocycles. The van der Waals surface area contributed by atoms with Crippen molar-refractivity contribution in [3.8, 4) is 0 Å². The third kappa shape index (κ3) is 20.9. The molecule has 0 saturated carbocycles. The number of nitrogens with one attached hydrogen (secondary N) is 2. The van der Waals surface area contributed by atoms with Crippen LogP contribution in [-0.4, -0.2) is 111 Å². The number of rotatable bonds is 20. The molecule has 0 spiro atoms. The fourth-order valence-electron chi connectivity index (χ4n) is 2.14. The van der Waals surface area contributed by atoms with Crippen molar-refractivity contribution in [3.05, 3.63) is 0 Å². The quantitative estimate of drug-likeness (QED) is 0.0997. The summed E-state index contributed by atoms with van der Waals surface area (Å²) < 4.78 is 31.3. The number of methoxy groups -OCH3 is 1. The number of hydrogen-bond acceptors (Lipinski definition) is 9. The van der Waals surface area contributed by atoms with E-state index in [2.05, 4.69) is 10.6 Å². The summed E-state index contributed by atoms with van der Waals surface area (Å²) in [6, 6.07) is -0.802. The van der Waals surface area contributed by atoms with Gasteiger partial charge >= 0.3 is 7.60 Å². The molecule has 12 nitrogen and oxygen atoms in total. The number of carbonyl (C=O) groups excluding carboxylic acids is 2. The standard InChI is InChI=1S/C17H36N3O9PS/c1-14(21)20-15(11-26-2)12-31-13-16(18)17(22)19-3-4-27-5-6-28-7-8-29-9-10-30(23,24)25/h15-16H,3-13,18H2,1-2H3,(H,19,22)(H,20,21)(H2,23,24,25)/t15-,16+/m1/s1. The van der Waals surface area contributed by atoms with Crippen LogP contribution in [-0.2, 0) is 33.1 Å². The van der Waals surface area contributed by atoms with Crippen molar-refractivity contribution in [1.29, 1.82) is 0 Å². The van der Waals surface area contributed by atoms with Gasteiger partial charge in [-0.1, -0.05) is 0 Å². The number of hydrogen-bond donors (Lipinski definition) is 5. The Balaban J connectivity index is 3.59. The molecule has 0 aromatic carbocycles. The molecule has 2 atom stereocenters. The Kier molecular flexibility index (Phi) is 18.3. The lowest BCUT2D eigenvalue weighted by atomic mass is 10.3. The van der Waals surface area contributed by atoms with Crippen LogP contribution in [0.3, 0.4) is 0 Å². The fourth-order valence-corrected chi connectivity index (χ4v) is 3.51. The first-order chi connectivity index (χ1) is 14.7. The van der Waals surface area contributed by atoms with Crippen molar-refractivity contribution in [2.75, 3.05) is 77.6 Å². The van der Waals surface area contributed by atoms with Gasteiger partial charge in [-0.05, 0) is 0 Å². The van der Waals surface area contributed by atoms with Gasteiger partial charge in [0.2, 0.25) is 11.8 Å². The Morgan fingerprint density at radius 1 is 1.03 bits per heavy atom. The molecule has 0 heterocycles. The Morgan fingerprint density at radius 3 is 2.16 bits per heavy atom. The second-order valence-electron chi connectivity index (χ2n) is 6.51. The second-order valence-corrected chi connectivity index (χ2v) is 9.36. The smallest absolute Gasteiger partial charge is 0.327 e. The summed E-state index contributed by atoms with van der Waals surface area (Å²) in [5, 5.41) is 5.47. The lowest BCUT2D eigenvalue weighted by molar-refractivity contribution is -0.122. The van der Waals surface area contributed by atoms with Crippen LogP contribution < -0.4 is 16.4 Å². The maximum Gasteiger partial charge on any atom is 0.327 e. The summed E-state index contributed by atoms with van der Waals surface area (Å²) in [7, 11) is -2.46. The van der Waals surface area contributed by atoms with Crippen molar-refractivity contribution >= 4 is 31.2 Å². The molecule has 0 aromatic rings. The molecular formula is C17H36N3O9PS. The molecule has 0 aliphatic heterocycles.